The number of rotatable bonds is 5. The SMILES string of the molecule is CC(CCCc1ccccc1F)c1cc(O)c2c(c1)OC(C)(C)C1=C2CCC1. The average Bonchev–Trinajstić information content (AvgIpc) is 3.13. The van der Waals surface area contributed by atoms with Crippen LogP contribution in [0.2, 0.25) is 0 Å². The van der Waals surface area contributed by atoms with E-state index in [1.807, 2.05) is 18.2 Å². The van der Waals surface area contributed by atoms with E-state index >= 15 is 0 Å². The molecule has 1 N–H and O–H groups in total. The predicted molar refractivity (Wildman–Crippen MR) is 111 cm³/mol. The Balaban J connectivity index is 1.52. The van der Waals surface area contributed by atoms with Crippen LogP contribution in [0.4, 0.5) is 4.39 Å². The molecule has 1 aliphatic heterocycles. The smallest absolute Gasteiger partial charge is 0.132 e. The lowest BCUT2D eigenvalue weighted by atomic mass is 9.85. The molecule has 2 aromatic rings. The van der Waals surface area contributed by atoms with E-state index in [4.69, 9.17) is 4.74 Å². The fraction of sp³-hybridized carbons (Fsp3) is 0.440. The first-order valence-electron chi connectivity index (χ1n) is 10.4. The number of hydrogen-bond donors (Lipinski definition) is 1. The van der Waals surface area contributed by atoms with Gasteiger partial charge in [0.25, 0.3) is 0 Å². The largest absolute Gasteiger partial charge is 0.507 e. The minimum Gasteiger partial charge on any atom is -0.507 e. The zero-order chi connectivity index (χ0) is 19.9. The van der Waals surface area contributed by atoms with Crippen LogP contribution >= 0.6 is 0 Å². The number of halogens is 1. The fourth-order valence-electron chi connectivity index (χ4n) is 4.78. The zero-order valence-corrected chi connectivity index (χ0v) is 17.0. The molecular formula is C25H29FO2. The van der Waals surface area contributed by atoms with E-state index in [2.05, 4.69) is 26.8 Å². The van der Waals surface area contributed by atoms with E-state index < -0.39 is 0 Å². The lowest BCUT2D eigenvalue weighted by Gasteiger charge is -2.35. The number of aryl methyl sites for hydroxylation is 1. The van der Waals surface area contributed by atoms with Crippen molar-refractivity contribution in [2.45, 2.75) is 70.8 Å². The van der Waals surface area contributed by atoms with Crippen LogP contribution in [0.15, 0.2) is 42.0 Å². The Morgan fingerprint density at radius 2 is 1.96 bits per heavy atom. The lowest BCUT2D eigenvalue weighted by Crippen LogP contribution is -2.33. The summed E-state index contributed by atoms with van der Waals surface area (Å²) in [5.74, 6) is 1.28. The molecule has 2 aliphatic rings. The van der Waals surface area contributed by atoms with E-state index in [0.717, 1.165) is 61.0 Å². The van der Waals surface area contributed by atoms with Crippen LogP contribution in [0.5, 0.6) is 11.5 Å². The van der Waals surface area contributed by atoms with E-state index in [-0.39, 0.29) is 17.3 Å². The van der Waals surface area contributed by atoms with Crippen molar-refractivity contribution in [3.05, 3.63) is 64.5 Å². The van der Waals surface area contributed by atoms with Crippen LogP contribution in [0, 0.1) is 5.82 Å². The number of phenolic OH excluding ortho intramolecular Hbond substituents is 1. The Kier molecular flexibility index (Phi) is 4.95. The first-order chi connectivity index (χ1) is 13.4. The molecule has 1 aliphatic carbocycles. The van der Waals surface area contributed by atoms with Gasteiger partial charge < -0.3 is 9.84 Å². The third kappa shape index (κ3) is 3.43. The van der Waals surface area contributed by atoms with Crippen molar-refractivity contribution < 1.29 is 14.2 Å². The number of aromatic hydroxyl groups is 1. The van der Waals surface area contributed by atoms with E-state index in [0.29, 0.717) is 5.75 Å². The summed E-state index contributed by atoms with van der Waals surface area (Å²) < 4.78 is 20.1. The molecule has 4 rings (SSSR count). The monoisotopic (exact) mass is 380 g/mol. The third-order valence-electron chi connectivity index (χ3n) is 6.33. The van der Waals surface area contributed by atoms with Gasteiger partial charge in [0.1, 0.15) is 22.9 Å². The second kappa shape index (κ2) is 7.27. The molecule has 0 aromatic heterocycles. The maximum atomic E-state index is 13.8. The molecular weight excluding hydrogens is 351 g/mol. The number of phenols is 1. The minimum atomic E-state index is -0.308. The third-order valence-corrected chi connectivity index (χ3v) is 6.33. The first-order valence-corrected chi connectivity index (χ1v) is 10.4. The van der Waals surface area contributed by atoms with E-state index in [1.54, 1.807) is 6.07 Å². The van der Waals surface area contributed by atoms with Crippen LogP contribution in [0.25, 0.3) is 5.57 Å². The summed E-state index contributed by atoms with van der Waals surface area (Å²) in [6.07, 6.45) is 5.76. The summed E-state index contributed by atoms with van der Waals surface area (Å²) >= 11 is 0. The summed E-state index contributed by atoms with van der Waals surface area (Å²) in [6.45, 7) is 6.41. The van der Waals surface area contributed by atoms with E-state index in [9.17, 15) is 9.50 Å². The topological polar surface area (TPSA) is 29.5 Å². The van der Waals surface area contributed by atoms with Crippen LogP contribution in [0.3, 0.4) is 0 Å². The highest BCUT2D eigenvalue weighted by atomic mass is 19.1. The van der Waals surface area contributed by atoms with Gasteiger partial charge in [-0.15, -0.1) is 0 Å². The average molecular weight is 381 g/mol. The van der Waals surface area contributed by atoms with Gasteiger partial charge in [-0.1, -0.05) is 25.1 Å². The molecule has 0 fully saturated rings. The standard InChI is InChI=1S/C25H29FO2/c1-16(8-6-10-17-9-4-5-13-21(17)26)18-14-22(27)24-19-11-7-12-20(19)25(2,3)28-23(24)15-18/h4-5,9,13-16,27H,6-8,10-12H2,1-3H3. The molecule has 1 atom stereocenters. The Morgan fingerprint density at radius 1 is 1.18 bits per heavy atom. The molecule has 2 aromatic carbocycles. The molecule has 1 unspecified atom stereocenters. The lowest BCUT2D eigenvalue weighted by molar-refractivity contribution is 0.141. The van der Waals surface area contributed by atoms with Crippen molar-refractivity contribution in [2.75, 3.05) is 0 Å². The van der Waals surface area contributed by atoms with Crippen molar-refractivity contribution in [3.8, 4) is 11.5 Å². The van der Waals surface area contributed by atoms with E-state index in [1.165, 1.54) is 17.2 Å². The second-order valence-corrected chi connectivity index (χ2v) is 8.72. The van der Waals surface area contributed by atoms with Crippen molar-refractivity contribution in [2.24, 2.45) is 0 Å². The highest BCUT2D eigenvalue weighted by molar-refractivity contribution is 5.82. The highest BCUT2D eigenvalue weighted by Crippen LogP contribution is 2.52. The summed E-state index contributed by atoms with van der Waals surface area (Å²) in [5, 5.41) is 10.8. The van der Waals surface area contributed by atoms with Crippen molar-refractivity contribution in [3.63, 3.8) is 0 Å². The van der Waals surface area contributed by atoms with Crippen LogP contribution in [-0.2, 0) is 6.42 Å². The molecule has 3 heteroatoms. The number of allylic oxidation sites excluding steroid dienone is 1. The normalized spacial score (nSPS) is 18.4. The Labute approximate surface area is 167 Å². The van der Waals surface area contributed by atoms with Crippen molar-refractivity contribution in [1.29, 1.82) is 0 Å². The van der Waals surface area contributed by atoms with Crippen molar-refractivity contribution >= 4 is 5.57 Å². The van der Waals surface area contributed by atoms with Gasteiger partial charge in [0.2, 0.25) is 0 Å². The summed E-state index contributed by atoms with van der Waals surface area (Å²) in [5.41, 5.74) is 5.06. The first kappa shape index (κ1) is 19.0. The highest BCUT2D eigenvalue weighted by Gasteiger charge is 2.38. The molecule has 0 radical (unpaired) electrons. The second-order valence-electron chi connectivity index (χ2n) is 8.72. The molecule has 28 heavy (non-hydrogen) atoms. The van der Waals surface area contributed by atoms with Gasteiger partial charge in [-0.05, 0) is 98.8 Å². The predicted octanol–water partition coefficient (Wildman–Crippen LogP) is 6.77. The molecule has 0 amide bonds. The summed E-state index contributed by atoms with van der Waals surface area (Å²) in [7, 11) is 0. The molecule has 148 valence electrons. The maximum Gasteiger partial charge on any atom is 0.132 e. The van der Waals surface area contributed by atoms with Gasteiger partial charge in [-0.2, -0.15) is 0 Å². The molecule has 1 heterocycles. The molecule has 0 bridgehead atoms. The quantitative estimate of drug-likeness (QED) is 0.620. The van der Waals surface area contributed by atoms with Gasteiger partial charge in [-0.25, -0.2) is 4.39 Å². The Hall–Kier alpha value is -2.29. The van der Waals surface area contributed by atoms with Gasteiger partial charge in [0.05, 0.1) is 5.56 Å². The number of fused-ring (bicyclic) bond motifs is 2. The van der Waals surface area contributed by atoms with Gasteiger partial charge in [-0.3, -0.25) is 0 Å². The summed E-state index contributed by atoms with van der Waals surface area (Å²) in [4.78, 5) is 0. The van der Waals surface area contributed by atoms with Crippen LogP contribution < -0.4 is 4.74 Å². The maximum absolute atomic E-state index is 13.8. The molecule has 0 saturated heterocycles. The zero-order valence-electron chi connectivity index (χ0n) is 17.0. The van der Waals surface area contributed by atoms with Gasteiger partial charge in [0.15, 0.2) is 0 Å². The number of ether oxygens (including phenoxy) is 1. The number of benzene rings is 2. The minimum absolute atomic E-state index is 0.127. The van der Waals surface area contributed by atoms with Gasteiger partial charge in [0, 0.05) is 0 Å². The van der Waals surface area contributed by atoms with Crippen LogP contribution in [0.1, 0.15) is 75.5 Å². The van der Waals surface area contributed by atoms with Crippen LogP contribution in [-0.4, -0.2) is 10.7 Å². The molecule has 0 spiro atoms. The fourth-order valence-corrected chi connectivity index (χ4v) is 4.78. The Bertz CT molecular complexity index is 926. The number of hydrogen-bond acceptors (Lipinski definition) is 2. The Morgan fingerprint density at radius 3 is 2.75 bits per heavy atom. The molecule has 0 saturated carbocycles. The van der Waals surface area contributed by atoms with Crippen molar-refractivity contribution in [1.82, 2.24) is 0 Å². The molecule has 2 nitrogen and oxygen atoms in total. The summed E-state index contributed by atoms with van der Waals surface area (Å²) in [6, 6.07) is 11.0. The van der Waals surface area contributed by atoms with Gasteiger partial charge >= 0.3 is 0 Å².